The van der Waals surface area contributed by atoms with Gasteiger partial charge in [-0.2, -0.15) is 4.31 Å². The molecule has 1 aliphatic carbocycles. The smallest absolute Gasteiger partial charge is 0.243 e. The highest BCUT2D eigenvalue weighted by Crippen LogP contribution is 2.47. The Bertz CT molecular complexity index is 1120. The number of rotatable bonds is 14. The van der Waals surface area contributed by atoms with Gasteiger partial charge in [0.2, 0.25) is 10.0 Å². The summed E-state index contributed by atoms with van der Waals surface area (Å²) in [6, 6.07) is 6.18. The predicted octanol–water partition coefficient (Wildman–Crippen LogP) is 9.97. The fourth-order valence-corrected chi connectivity index (χ4v) is 7.31. The number of piperazine rings is 1. The lowest BCUT2D eigenvalue weighted by atomic mass is 10.2. The number of unbranched alkanes of at least 4 members (excludes halogenated alkanes) is 2. The molecule has 1 saturated heterocycles. The van der Waals surface area contributed by atoms with Gasteiger partial charge in [0.25, 0.3) is 0 Å². The third-order valence-electron chi connectivity index (χ3n) is 7.46. The van der Waals surface area contributed by atoms with Gasteiger partial charge in [0.05, 0.1) is 18.7 Å². The molecule has 1 aliphatic heterocycles. The van der Waals surface area contributed by atoms with Crippen LogP contribution < -0.4 is 0 Å². The number of halogens is 3. The summed E-state index contributed by atoms with van der Waals surface area (Å²) in [6.45, 7) is 25.5. The minimum atomic E-state index is -3.39. The third kappa shape index (κ3) is 23.2. The van der Waals surface area contributed by atoms with E-state index in [0.29, 0.717) is 30.8 Å². The summed E-state index contributed by atoms with van der Waals surface area (Å²) in [5.41, 5.74) is 1.56. The molecular weight excluding hydrogens is 672 g/mol. The van der Waals surface area contributed by atoms with Gasteiger partial charge in [0.15, 0.2) is 0 Å². The van der Waals surface area contributed by atoms with Crippen molar-refractivity contribution in [1.29, 1.82) is 0 Å². The van der Waals surface area contributed by atoms with Gasteiger partial charge >= 0.3 is 0 Å². The molecule has 0 atom stereocenters. The van der Waals surface area contributed by atoms with Gasteiger partial charge in [0.1, 0.15) is 5.83 Å². The summed E-state index contributed by atoms with van der Waals surface area (Å²) in [6.07, 6.45) is 13.2. The van der Waals surface area contributed by atoms with E-state index in [1.54, 1.807) is 12.1 Å². The first-order chi connectivity index (χ1) is 22.7. The summed E-state index contributed by atoms with van der Waals surface area (Å²) in [4.78, 5) is 2.63. The molecule has 6 nitrogen and oxygen atoms in total. The van der Waals surface area contributed by atoms with Crippen molar-refractivity contribution in [2.45, 2.75) is 105 Å². The average Bonchev–Trinajstić information content (AvgIpc) is 3.79. The number of nitrogens with zero attached hydrogens (tertiary/aromatic N) is 3. The second kappa shape index (κ2) is 28.4. The second-order valence-corrected chi connectivity index (χ2v) is 15.7. The van der Waals surface area contributed by atoms with Crippen molar-refractivity contribution in [2.75, 3.05) is 58.8 Å². The van der Waals surface area contributed by atoms with Gasteiger partial charge in [-0.3, -0.25) is 9.29 Å². The van der Waals surface area contributed by atoms with Crippen LogP contribution in [0.25, 0.3) is 0 Å². The van der Waals surface area contributed by atoms with Gasteiger partial charge < -0.3 is 5.11 Å². The summed E-state index contributed by atoms with van der Waals surface area (Å²) < 4.78 is 49.9. The highest BCUT2D eigenvalue weighted by molar-refractivity contribution is 7.97. The number of alkyl halides is 1. The molecule has 0 radical (unpaired) electrons. The fourth-order valence-electron chi connectivity index (χ4n) is 4.34. The Labute approximate surface area is 302 Å². The molecule has 1 N–H and O–H groups in total. The van der Waals surface area contributed by atoms with Crippen LogP contribution in [0.3, 0.4) is 0 Å². The maximum atomic E-state index is 12.2. The Morgan fingerprint density at radius 1 is 1.08 bits per heavy atom. The standard InChI is InChI=1S/C11H16ClNO2S.C11H22N2OS.C9H13F.C5H12.CH3F/c1-4-13(9(2)3)16(14,15)11-7-5-10(12)6-8-11;1-11(2-3-11)10-15-13-6-4-12(5-7-13)8-9-14;1-4-5-6-8(2)7-9(3)10;1-3-5-4-2;1-2/h5-9H,4H2,1-3H3;14H,2-10H2,1H3;5-7H,3-4H2,1-2H3;3-5H2,1-2H3;1H3/b;;6-5-,8-7-;;. The summed E-state index contributed by atoms with van der Waals surface area (Å²) >= 11 is 7.76. The Kier molecular flexibility index (Phi) is 28.9. The van der Waals surface area contributed by atoms with Gasteiger partial charge in [-0.25, -0.2) is 17.1 Å². The number of aliphatic hydroxyl groups is 1. The summed E-state index contributed by atoms with van der Waals surface area (Å²) in [5, 5.41) is 9.38. The first kappa shape index (κ1) is 48.8. The van der Waals surface area contributed by atoms with Crippen LogP contribution in [-0.4, -0.2) is 91.9 Å². The quantitative estimate of drug-likeness (QED) is 0.152. The monoisotopic (exact) mass is 737 g/mol. The average molecular weight is 739 g/mol. The van der Waals surface area contributed by atoms with E-state index in [9.17, 15) is 17.2 Å². The topological polar surface area (TPSA) is 64.1 Å². The molecule has 0 bridgehead atoms. The largest absolute Gasteiger partial charge is 0.395 e. The third-order valence-corrected chi connectivity index (χ3v) is 11.4. The molecule has 0 amide bonds. The van der Waals surface area contributed by atoms with Crippen LogP contribution in [0.5, 0.6) is 0 Å². The number of hydrogen-bond donors (Lipinski definition) is 1. The lowest BCUT2D eigenvalue weighted by Crippen LogP contribution is -2.44. The van der Waals surface area contributed by atoms with Gasteiger partial charge in [-0.1, -0.05) is 96.2 Å². The van der Waals surface area contributed by atoms with Gasteiger partial charge in [-0.05, 0) is 81.4 Å². The molecule has 2 fully saturated rings. The van der Waals surface area contributed by atoms with Crippen molar-refractivity contribution in [3.8, 4) is 0 Å². The Hall–Kier alpha value is -1.27. The number of β-amino-alcohol motifs (C(OH)–C–C–N with tert-alkyl or cyclic N) is 1. The number of benzene rings is 1. The van der Waals surface area contributed by atoms with Crippen LogP contribution in [-0.2, 0) is 10.0 Å². The summed E-state index contributed by atoms with van der Waals surface area (Å²) in [5.74, 6) is 0.908. The zero-order chi connectivity index (χ0) is 37.2. The zero-order valence-corrected chi connectivity index (χ0v) is 33.7. The maximum Gasteiger partial charge on any atom is 0.243 e. The van der Waals surface area contributed by atoms with E-state index >= 15 is 0 Å². The summed E-state index contributed by atoms with van der Waals surface area (Å²) in [7, 11) is -2.89. The van der Waals surface area contributed by atoms with Crippen molar-refractivity contribution in [2.24, 2.45) is 5.41 Å². The first-order valence-corrected chi connectivity index (χ1v) is 20.0. The van der Waals surface area contributed by atoms with Crippen LogP contribution in [0.15, 0.2) is 65.4 Å². The molecule has 11 heteroatoms. The molecule has 1 aromatic rings. The lowest BCUT2D eigenvalue weighted by molar-refractivity contribution is 0.156. The number of aliphatic hydroxyl groups excluding tert-OH is 1. The van der Waals surface area contributed by atoms with Crippen molar-refractivity contribution in [1.82, 2.24) is 13.5 Å². The molecule has 3 rings (SSSR count). The Balaban J connectivity index is 0. The van der Waals surface area contributed by atoms with Gasteiger partial charge in [-0.15, -0.1) is 0 Å². The van der Waals surface area contributed by atoms with E-state index in [1.165, 1.54) is 60.4 Å². The van der Waals surface area contributed by atoms with Crippen molar-refractivity contribution in [3.05, 3.63) is 65.5 Å². The van der Waals surface area contributed by atoms with Crippen LogP contribution in [0.2, 0.25) is 5.02 Å². The minimum Gasteiger partial charge on any atom is -0.395 e. The molecular formula is C37H66ClF2N3O3S2. The SMILES string of the molecule is C=C(F)/C=C(C)\C=C/CC.CC1(CSN2CCN(CCO)CC2)CC1.CCCCC.CCN(C(C)C)S(=O)(=O)c1ccc(Cl)cc1.CF. The molecule has 48 heavy (non-hydrogen) atoms. The fraction of sp³-hybridized carbons (Fsp3) is 0.676. The molecule has 1 aromatic carbocycles. The molecule has 0 unspecified atom stereocenters. The molecule has 1 heterocycles. The van der Waals surface area contributed by atoms with E-state index in [2.05, 4.69) is 36.6 Å². The van der Waals surface area contributed by atoms with Gasteiger partial charge in [0, 0.05) is 56.1 Å². The van der Waals surface area contributed by atoms with Crippen LogP contribution in [0.1, 0.15) is 93.9 Å². The normalized spacial score (nSPS) is 16.1. The molecule has 0 spiro atoms. The van der Waals surface area contributed by atoms with Crippen molar-refractivity contribution >= 4 is 33.6 Å². The highest BCUT2D eigenvalue weighted by atomic mass is 35.5. The second-order valence-electron chi connectivity index (χ2n) is 12.3. The van der Waals surface area contributed by atoms with E-state index in [4.69, 9.17) is 16.7 Å². The van der Waals surface area contributed by atoms with Crippen LogP contribution >= 0.6 is 23.5 Å². The number of hydrogen-bond acceptors (Lipinski definition) is 6. The molecule has 0 aromatic heterocycles. The van der Waals surface area contributed by atoms with Crippen molar-refractivity contribution < 1.29 is 22.3 Å². The van der Waals surface area contributed by atoms with Crippen LogP contribution in [0.4, 0.5) is 8.78 Å². The maximum absolute atomic E-state index is 12.2. The number of allylic oxidation sites excluding steroid dienone is 5. The van der Waals surface area contributed by atoms with E-state index in [-0.39, 0.29) is 10.9 Å². The van der Waals surface area contributed by atoms with E-state index in [0.717, 1.165) is 44.7 Å². The highest BCUT2D eigenvalue weighted by Gasteiger charge is 2.37. The number of sulfonamides is 1. The molecule has 1 saturated carbocycles. The van der Waals surface area contributed by atoms with E-state index < -0.39 is 15.9 Å². The van der Waals surface area contributed by atoms with Crippen LogP contribution in [0, 0.1) is 5.41 Å². The van der Waals surface area contributed by atoms with Crippen molar-refractivity contribution in [3.63, 3.8) is 0 Å². The Morgan fingerprint density at radius 2 is 1.62 bits per heavy atom. The molecule has 280 valence electrons. The predicted molar refractivity (Wildman–Crippen MR) is 207 cm³/mol. The zero-order valence-electron chi connectivity index (χ0n) is 31.3. The molecule has 2 aliphatic rings. The first-order valence-electron chi connectivity index (χ1n) is 17.2. The minimum absolute atomic E-state index is 0.0503. The lowest BCUT2D eigenvalue weighted by Gasteiger charge is -2.33. The Morgan fingerprint density at radius 3 is 2.00 bits per heavy atom. The van der Waals surface area contributed by atoms with E-state index in [1.807, 2.05) is 58.7 Å².